The van der Waals surface area contributed by atoms with Crippen LogP contribution in [0.1, 0.15) is 26.3 Å². The number of nitrogens with two attached hydrogens (primary N) is 1. The van der Waals surface area contributed by atoms with Crippen molar-refractivity contribution in [2.75, 3.05) is 0 Å². The van der Waals surface area contributed by atoms with E-state index in [1.54, 1.807) is 24.0 Å². The van der Waals surface area contributed by atoms with Gasteiger partial charge in [-0.2, -0.15) is 0 Å². The van der Waals surface area contributed by atoms with Gasteiger partial charge in [-0.25, -0.2) is 0 Å². The molecule has 5 heteroatoms. The van der Waals surface area contributed by atoms with E-state index in [0.29, 0.717) is 16.6 Å². The lowest BCUT2D eigenvalue weighted by molar-refractivity contribution is -0.134. The number of halogens is 2. The SMILES string of the molecule is CC(C)N(Cc1ccc(Cl)cc1Cl)C(=O)[C@H](C)N. The van der Waals surface area contributed by atoms with Gasteiger partial charge in [-0.1, -0.05) is 29.3 Å². The van der Waals surface area contributed by atoms with E-state index >= 15 is 0 Å². The summed E-state index contributed by atoms with van der Waals surface area (Å²) in [6.07, 6.45) is 0. The number of hydrogen-bond donors (Lipinski definition) is 1. The second-order valence-electron chi connectivity index (χ2n) is 4.58. The van der Waals surface area contributed by atoms with Crippen LogP contribution in [0.25, 0.3) is 0 Å². The first kappa shape index (κ1) is 15.3. The minimum Gasteiger partial charge on any atom is -0.335 e. The molecule has 0 aliphatic heterocycles. The monoisotopic (exact) mass is 288 g/mol. The first-order valence-electron chi connectivity index (χ1n) is 5.83. The zero-order valence-corrected chi connectivity index (χ0v) is 12.3. The molecule has 0 saturated carbocycles. The molecule has 1 atom stereocenters. The summed E-state index contributed by atoms with van der Waals surface area (Å²) >= 11 is 12.0. The molecular weight excluding hydrogens is 271 g/mol. The highest BCUT2D eigenvalue weighted by atomic mass is 35.5. The Kier molecular flexibility index (Phi) is 5.45. The number of benzene rings is 1. The highest BCUT2D eigenvalue weighted by Gasteiger charge is 2.21. The van der Waals surface area contributed by atoms with Crippen LogP contribution in [0, 0.1) is 0 Å². The van der Waals surface area contributed by atoms with Crippen molar-refractivity contribution in [2.24, 2.45) is 5.73 Å². The van der Waals surface area contributed by atoms with E-state index in [9.17, 15) is 4.79 Å². The van der Waals surface area contributed by atoms with Crippen LogP contribution >= 0.6 is 23.2 Å². The second kappa shape index (κ2) is 6.41. The average Bonchev–Trinajstić information content (AvgIpc) is 2.26. The third-order valence-electron chi connectivity index (χ3n) is 2.65. The van der Waals surface area contributed by atoms with Crippen LogP contribution in [0.3, 0.4) is 0 Å². The van der Waals surface area contributed by atoms with Crippen molar-refractivity contribution < 1.29 is 4.79 Å². The van der Waals surface area contributed by atoms with Crippen LogP contribution in [0.5, 0.6) is 0 Å². The smallest absolute Gasteiger partial charge is 0.239 e. The number of hydrogen-bond acceptors (Lipinski definition) is 2. The lowest BCUT2D eigenvalue weighted by Gasteiger charge is -2.28. The lowest BCUT2D eigenvalue weighted by Crippen LogP contribution is -2.45. The predicted octanol–water partition coefficient (Wildman–Crippen LogP) is 3.08. The summed E-state index contributed by atoms with van der Waals surface area (Å²) in [6.45, 7) is 6.02. The van der Waals surface area contributed by atoms with Gasteiger partial charge in [0.2, 0.25) is 5.91 Å². The largest absolute Gasteiger partial charge is 0.335 e. The normalized spacial score (nSPS) is 12.6. The summed E-state index contributed by atoms with van der Waals surface area (Å²) in [5.41, 5.74) is 6.51. The van der Waals surface area contributed by atoms with Gasteiger partial charge in [-0.15, -0.1) is 0 Å². The number of nitrogens with zero attached hydrogens (tertiary/aromatic N) is 1. The first-order chi connectivity index (χ1) is 8.32. The van der Waals surface area contributed by atoms with Crippen molar-refractivity contribution in [3.8, 4) is 0 Å². The zero-order valence-electron chi connectivity index (χ0n) is 10.8. The fourth-order valence-corrected chi connectivity index (χ4v) is 2.08. The molecule has 0 fully saturated rings. The highest BCUT2D eigenvalue weighted by molar-refractivity contribution is 6.35. The molecule has 0 saturated heterocycles. The maximum atomic E-state index is 12.0. The Morgan fingerprint density at radius 2 is 1.94 bits per heavy atom. The Labute approximate surface area is 118 Å². The Hall–Kier alpha value is -0.770. The molecule has 0 spiro atoms. The summed E-state index contributed by atoms with van der Waals surface area (Å²) in [7, 11) is 0. The van der Waals surface area contributed by atoms with E-state index in [1.165, 1.54) is 0 Å². The van der Waals surface area contributed by atoms with Crippen molar-refractivity contribution >= 4 is 29.1 Å². The maximum Gasteiger partial charge on any atom is 0.239 e. The Balaban J connectivity index is 2.93. The molecule has 18 heavy (non-hydrogen) atoms. The molecular formula is C13H18Cl2N2O. The Morgan fingerprint density at radius 3 is 2.39 bits per heavy atom. The van der Waals surface area contributed by atoms with Crippen molar-refractivity contribution in [1.82, 2.24) is 4.90 Å². The average molecular weight is 289 g/mol. The van der Waals surface area contributed by atoms with Gasteiger partial charge in [0.15, 0.2) is 0 Å². The van der Waals surface area contributed by atoms with Crippen LogP contribution in [-0.2, 0) is 11.3 Å². The van der Waals surface area contributed by atoms with Gasteiger partial charge in [0, 0.05) is 22.6 Å². The van der Waals surface area contributed by atoms with Gasteiger partial charge in [0.25, 0.3) is 0 Å². The molecule has 2 N–H and O–H groups in total. The number of rotatable bonds is 4. The lowest BCUT2D eigenvalue weighted by atomic mass is 10.1. The molecule has 0 aliphatic rings. The van der Waals surface area contributed by atoms with Gasteiger partial charge < -0.3 is 10.6 Å². The molecule has 0 aromatic heterocycles. The van der Waals surface area contributed by atoms with E-state index in [4.69, 9.17) is 28.9 Å². The Bertz CT molecular complexity index is 433. The van der Waals surface area contributed by atoms with Crippen molar-refractivity contribution in [3.05, 3.63) is 33.8 Å². The second-order valence-corrected chi connectivity index (χ2v) is 5.43. The van der Waals surface area contributed by atoms with Crippen molar-refractivity contribution in [1.29, 1.82) is 0 Å². The molecule has 0 radical (unpaired) electrons. The third kappa shape index (κ3) is 3.87. The van der Waals surface area contributed by atoms with Crippen LogP contribution in [0.15, 0.2) is 18.2 Å². The van der Waals surface area contributed by atoms with E-state index < -0.39 is 6.04 Å². The van der Waals surface area contributed by atoms with Crippen LogP contribution in [-0.4, -0.2) is 22.9 Å². The van der Waals surface area contributed by atoms with E-state index in [-0.39, 0.29) is 11.9 Å². The molecule has 0 bridgehead atoms. The molecule has 100 valence electrons. The van der Waals surface area contributed by atoms with Crippen LogP contribution < -0.4 is 5.73 Å². The number of amides is 1. The molecule has 3 nitrogen and oxygen atoms in total. The predicted molar refractivity (Wildman–Crippen MR) is 75.8 cm³/mol. The van der Waals surface area contributed by atoms with Gasteiger partial charge >= 0.3 is 0 Å². The summed E-state index contributed by atoms with van der Waals surface area (Å²) in [4.78, 5) is 13.7. The fraction of sp³-hybridized carbons (Fsp3) is 0.462. The van der Waals surface area contributed by atoms with Crippen LogP contribution in [0.2, 0.25) is 10.0 Å². The minimum absolute atomic E-state index is 0.0650. The van der Waals surface area contributed by atoms with Crippen molar-refractivity contribution in [2.45, 2.75) is 39.4 Å². The first-order valence-corrected chi connectivity index (χ1v) is 6.58. The van der Waals surface area contributed by atoms with Crippen LogP contribution in [0.4, 0.5) is 0 Å². The molecule has 0 unspecified atom stereocenters. The van der Waals surface area contributed by atoms with E-state index in [0.717, 1.165) is 5.56 Å². The molecule has 1 amide bonds. The quantitative estimate of drug-likeness (QED) is 0.926. The summed E-state index contributed by atoms with van der Waals surface area (Å²) in [6, 6.07) is 4.81. The summed E-state index contributed by atoms with van der Waals surface area (Å²) in [5, 5.41) is 1.14. The van der Waals surface area contributed by atoms with Crippen molar-refractivity contribution in [3.63, 3.8) is 0 Å². The summed E-state index contributed by atoms with van der Waals surface area (Å²) in [5.74, 6) is -0.0870. The Morgan fingerprint density at radius 1 is 1.33 bits per heavy atom. The molecule has 1 aromatic rings. The molecule has 1 aromatic carbocycles. The topological polar surface area (TPSA) is 46.3 Å². The molecule has 0 heterocycles. The van der Waals surface area contributed by atoms with E-state index in [1.807, 2.05) is 19.9 Å². The van der Waals surface area contributed by atoms with E-state index in [2.05, 4.69) is 0 Å². The highest BCUT2D eigenvalue weighted by Crippen LogP contribution is 2.23. The fourth-order valence-electron chi connectivity index (χ4n) is 1.61. The van der Waals surface area contributed by atoms with Gasteiger partial charge in [-0.3, -0.25) is 4.79 Å². The zero-order chi connectivity index (χ0) is 13.9. The third-order valence-corrected chi connectivity index (χ3v) is 3.24. The van der Waals surface area contributed by atoms with Gasteiger partial charge in [0.05, 0.1) is 6.04 Å². The standard InChI is InChI=1S/C13H18Cl2N2O/c1-8(2)17(13(18)9(3)16)7-10-4-5-11(14)6-12(10)15/h4-6,8-9H,7,16H2,1-3H3/t9-/m0/s1. The number of carbonyl (C=O) groups excluding carboxylic acids is 1. The maximum absolute atomic E-state index is 12.0. The minimum atomic E-state index is -0.515. The number of carbonyl (C=O) groups is 1. The van der Waals surface area contributed by atoms with Gasteiger partial charge in [0.1, 0.15) is 0 Å². The van der Waals surface area contributed by atoms with Gasteiger partial charge in [-0.05, 0) is 38.5 Å². The molecule has 1 rings (SSSR count). The molecule has 0 aliphatic carbocycles. The summed E-state index contributed by atoms with van der Waals surface area (Å²) < 4.78 is 0.